The number of hydrogen-bond donors (Lipinski definition) is 1. The van der Waals surface area contributed by atoms with Crippen molar-refractivity contribution in [2.75, 3.05) is 0 Å². The summed E-state index contributed by atoms with van der Waals surface area (Å²) in [5, 5.41) is 14.2. The van der Waals surface area contributed by atoms with Crippen molar-refractivity contribution in [2.24, 2.45) is 0 Å². The van der Waals surface area contributed by atoms with E-state index in [2.05, 4.69) is 31.3 Å². The number of rotatable bonds is 5. The number of hydrogen-bond acceptors (Lipinski definition) is 3. The van der Waals surface area contributed by atoms with Gasteiger partial charge in [-0.15, -0.1) is 0 Å². The maximum absolute atomic E-state index is 10.7. The molecule has 0 radical (unpaired) electrons. The number of non-ortho nitro benzene ring substituents is 1. The number of benzene rings is 2. The Morgan fingerprint density at radius 2 is 1.50 bits per heavy atom. The van der Waals surface area contributed by atoms with Crippen molar-refractivity contribution in [1.82, 2.24) is 5.32 Å². The molecule has 2 aromatic rings. The average molecular weight is 270 g/mol. The van der Waals surface area contributed by atoms with E-state index in [1.807, 2.05) is 30.3 Å². The quantitative estimate of drug-likeness (QED) is 0.666. The highest BCUT2D eigenvalue weighted by Crippen LogP contribution is 2.24. The summed E-state index contributed by atoms with van der Waals surface area (Å²) >= 11 is 0. The Kier molecular flexibility index (Phi) is 4.48. The highest BCUT2D eigenvalue weighted by Gasteiger charge is 2.15. The molecule has 0 fully saturated rings. The Balaban J connectivity index is 2.34. The van der Waals surface area contributed by atoms with Crippen LogP contribution in [-0.2, 0) is 0 Å². The van der Waals surface area contributed by atoms with Gasteiger partial charge >= 0.3 is 0 Å². The van der Waals surface area contributed by atoms with Crippen LogP contribution in [0.3, 0.4) is 0 Å². The van der Waals surface area contributed by atoms with Crippen LogP contribution in [0.5, 0.6) is 0 Å². The normalized spacial score (nSPS) is 12.3. The van der Waals surface area contributed by atoms with Crippen LogP contribution in [-0.4, -0.2) is 11.0 Å². The molecule has 1 atom stereocenters. The molecule has 0 heterocycles. The molecule has 1 N–H and O–H groups in total. The van der Waals surface area contributed by atoms with Crippen LogP contribution in [0.25, 0.3) is 0 Å². The van der Waals surface area contributed by atoms with Gasteiger partial charge < -0.3 is 5.32 Å². The smallest absolute Gasteiger partial charge is 0.269 e. The average Bonchev–Trinajstić information content (AvgIpc) is 2.45. The number of nitrogens with zero attached hydrogens (tertiary/aromatic N) is 1. The molecular formula is C16H18N2O2. The molecule has 4 heteroatoms. The van der Waals surface area contributed by atoms with E-state index in [1.54, 1.807) is 12.1 Å². The van der Waals surface area contributed by atoms with Gasteiger partial charge in [0.25, 0.3) is 5.69 Å². The van der Waals surface area contributed by atoms with Crippen molar-refractivity contribution in [3.63, 3.8) is 0 Å². The molecule has 0 amide bonds. The summed E-state index contributed by atoms with van der Waals surface area (Å²) in [6.07, 6.45) is 0. The van der Waals surface area contributed by atoms with Crippen molar-refractivity contribution in [1.29, 1.82) is 0 Å². The third kappa shape index (κ3) is 3.42. The lowest BCUT2D eigenvalue weighted by atomic mass is 9.98. The van der Waals surface area contributed by atoms with Gasteiger partial charge in [-0.25, -0.2) is 0 Å². The fourth-order valence-corrected chi connectivity index (χ4v) is 2.15. The van der Waals surface area contributed by atoms with Gasteiger partial charge in [-0.1, -0.05) is 42.5 Å². The van der Waals surface area contributed by atoms with Crippen LogP contribution in [0.2, 0.25) is 0 Å². The minimum absolute atomic E-state index is 0.0389. The second-order valence-electron chi connectivity index (χ2n) is 5.01. The maximum Gasteiger partial charge on any atom is 0.269 e. The topological polar surface area (TPSA) is 55.2 Å². The first-order valence-corrected chi connectivity index (χ1v) is 6.63. The molecule has 2 aromatic carbocycles. The molecule has 1 unspecified atom stereocenters. The van der Waals surface area contributed by atoms with Crippen molar-refractivity contribution in [2.45, 2.75) is 25.9 Å². The number of nitrogens with one attached hydrogen (secondary N) is 1. The van der Waals surface area contributed by atoms with Crippen LogP contribution < -0.4 is 5.32 Å². The summed E-state index contributed by atoms with van der Waals surface area (Å²) < 4.78 is 0. The van der Waals surface area contributed by atoms with Crippen LogP contribution >= 0.6 is 0 Å². The van der Waals surface area contributed by atoms with Gasteiger partial charge in [0.2, 0.25) is 0 Å². The highest BCUT2D eigenvalue weighted by molar-refractivity contribution is 5.38. The molecule has 0 spiro atoms. The maximum atomic E-state index is 10.7. The lowest BCUT2D eigenvalue weighted by Gasteiger charge is -2.22. The lowest BCUT2D eigenvalue weighted by molar-refractivity contribution is -0.384. The first kappa shape index (κ1) is 14.2. The van der Waals surface area contributed by atoms with Crippen LogP contribution in [0.1, 0.15) is 31.0 Å². The molecule has 20 heavy (non-hydrogen) atoms. The Hall–Kier alpha value is -2.20. The largest absolute Gasteiger partial charge is 0.304 e. The van der Waals surface area contributed by atoms with Crippen molar-refractivity contribution in [3.05, 3.63) is 75.8 Å². The second kappa shape index (κ2) is 6.30. The van der Waals surface area contributed by atoms with E-state index in [1.165, 1.54) is 0 Å². The zero-order valence-corrected chi connectivity index (χ0v) is 11.6. The van der Waals surface area contributed by atoms with E-state index < -0.39 is 0 Å². The molecular weight excluding hydrogens is 252 g/mol. The molecule has 0 aliphatic heterocycles. The monoisotopic (exact) mass is 270 g/mol. The summed E-state index contributed by atoms with van der Waals surface area (Å²) in [7, 11) is 0. The molecule has 0 aliphatic rings. The van der Waals surface area contributed by atoms with Gasteiger partial charge in [0.05, 0.1) is 11.0 Å². The Bertz CT molecular complexity index is 565. The highest BCUT2D eigenvalue weighted by atomic mass is 16.6. The molecule has 0 aliphatic carbocycles. The first-order valence-electron chi connectivity index (χ1n) is 6.63. The Morgan fingerprint density at radius 3 is 2.00 bits per heavy atom. The Labute approximate surface area is 118 Å². The van der Waals surface area contributed by atoms with Crippen LogP contribution in [0, 0.1) is 10.1 Å². The van der Waals surface area contributed by atoms with E-state index in [9.17, 15) is 10.1 Å². The minimum Gasteiger partial charge on any atom is -0.304 e. The first-order chi connectivity index (χ1) is 9.58. The molecule has 2 rings (SSSR count). The zero-order chi connectivity index (χ0) is 14.5. The SMILES string of the molecule is CC(C)NC(c1ccccc1)c1ccc([N+](=O)[O-])cc1. The van der Waals surface area contributed by atoms with Crippen molar-refractivity contribution in [3.8, 4) is 0 Å². The standard InChI is InChI=1S/C16H18N2O2/c1-12(2)17-16(13-6-4-3-5-7-13)14-8-10-15(11-9-14)18(19)20/h3-12,16-17H,1-2H3. The lowest BCUT2D eigenvalue weighted by Crippen LogP contribution is -2.28. The summed E-state index contributed by atoms with van der Waals surface area (Å²) in [5.74, 6) is 0. The third-order valence-electron chi connectivity index (χ3n) is 3.07. The van der Waals surface area contributed by atoms with Gasteiger partial charge in [0, 0.05) is 18.2 Å². The number of nitro benzene ring substituents is 1. The fraction of sp³-hybridized carbons (Fsp3) is 0.250. The van der Waals surface area contributed by atoms with E-state index in [4.69, 9.17) is 0 Å². The predicted octanol–water partition coefficient (Wildman–Crippen LogP) is 3.68. The van der Waals surface area contributed by atoms with Crippen molar-refractivity contribution >= 4 is 5.69 Å². The molecule has 104 valence electrons. The van der Waals surface area contributed by atoms with E-state index >= 15 is 0 Å². The molecule has 0 saturated heterocycles. The summed E-state index contributed by atoms with van der Waals surface area (Å²) in [4.78, 5) is 10.3. The summed E-state index contributed by atoms with van der Waals surface area (Å²) in [6, 6.07) is 17.2. The Morgan fingerprint density at radius 1 is 0.950 bits per heavy atom. The van der Waals surface area contributed by atoms with E-state index in [0.29, 0.717) is 6.04 Å². The van der Waals surface area contributed by atoms with E-state index in [0.717, 1.165) is 11.1 Å². The van der Waals surface area contributed by atoms with Gasteiger partial charge in [0.15, 0.2) is 0 Å². The predicted molar refractivity (Wildman–Crippen MR) is 79.7 cm³/mol. The second-order valence-corrected chi connectivity index (χ2v) is 5.01. The van der Waals surface area contributed by atoms with Gasteiger partial charge in [-0.05, 0) is 25.0 Å². The molecule has 0 bridgehead atoms. The minimum atomic E-state index is -0.378. The molecule has 0 aromatic heterocycles. The molecule has 0 saturated carbocycles. The van der Waals surface area contributed by atoms with Crippen molar-refractivity contribution < 1.29 is 4.92 Å². The fourth-order valence-electron chi connectivity index (χ4n) is 2.15. The van der Waals surface area contributed by atoms with Crippen LogP contribution in [0.4, 0.5) is 5.69 Å². The van der Waals surface area contributed by atoms with Crippen LogP contribution in [0.15, 0.2) is 54.6 Å². The summed E-state index contributed by atoms with van der Waals surface area (Å²) in [5.41, 5.74) is 2.29. The third-order valence-corrected chi connectivity index (χ3v) is 3.07. The molecule has 4 nitrogen and oxygen atoms in total. The van der Waals surface area contributed by atoms with Gasteiger partial charge in [0.1, 0.15) is 0 Å². The van der Waals surface area contributed by atoms with Gasteiger partial charge in [-0.2, -0.15) is 0 Å². The number of nitro groups is 1. The van der Waals surface area contributed by atoms with E-state index in [-0.39, 0.29) is 16.7 Å². The van der Waals surface area contributed by atoms with Gasteiger partial charge in [-0.3, -0.25) is 10.1 Å². The summed E-state index contributed by atoms with van der Waals surface area (Å²) in [6.45, 7) is 4.17. The zero-order valence-electron chi connectivity index (χ0n) is 11.6.